The molecular weight excluding hydrogens is 252 g/mol. The molecule has 3 nitrogen and oxygen atoms in total. The Morgan fingerprint density at radius 2 is 1.85 bits per heavy atom. The van der Waals surface area contributed by atoms with Crippen LogP contribution in [0.4, 0.5) is 0 Å². The summed E-state index contributed by atoms with van der Waals surface area (Å²) in [5.74, 6) is 1.79. The highest BCUT2D eigenvalue weighted by Gasteiger charge is 2.25. The molecule has 3 aromatic carbocycles. The van der Waals surface area contributed by atoms with Gasteiger partial charge in [-0.25, -0.2) is 0 Å². The van der Waals surface area contributed by atoms with Crippen molar-refractivity contribution in [3.63, 3.8) is 0 Å². The van der Waals surface area contributed by atoms with E-state index in [1.165, 1.54) is 0 Å². The van der Waals surface area contributed by atoms with E-state index >= 15 is 0 Å². The van der Waals surface area contributed by atoms with Gasteiger partial charge in [-0.2, -0.15) is 0 Å². The maximum absolute atomic E-state index is 10.1. The van der Waals surface area contributed by atoms with Gasteiger partial charge in [0, 0.05) is 21.7 Å². The zero-order valence-electron chi connectivity index (χ0n) is 11.3. The molecule has 1 atom stereocenters. The molecule has 1 unspecified atom stereocenters. The standard InChI is InChI=1S/C17H14O3/c1-9-11-6-7-13(18)12-5-3-10-4-8-14(19-2)17(20-9)15(10)16(11)12/h3-9,18H,1-2H3. The topological polar surface area (TPSA) is 38.7 Å². The van der Waals surface area contributed by atoms with E-state index < -0.39 is 0 Å². The summed E-state index contributed by atoms with van der Waals surface area (Å²) in [5, 5.41) is 14.1. The number of rotatable bonds is 1. The van der Waals surface area contributed by atoms with Crippen LogP contribution in [-0.2, 0) is 0 Å². The van der Waals surface area contributed by atoms with Gasteiger partial charge in [-0.15, -0.1) is 0 Å². The summed E-state index contributed by atoms with van der Waals surface area (Å²) in [6.45, 7) is 2.01. The van der Waals surface area contributed by atoms with Crippen LogP contribution in [0.15, 0.2) is 36.4 Å². The second-order valence-electron chi connectivity index (χ2n) is 5.12. The Hall–Kier alpha value is -2.42. The summed E-state index contributed by atoms with van der Waals surface area (Å²) < 4.78 is 11.5. The van der Waals surface area contributed by atoms with Gasteiger partial charge in [0.05, 0.1) is 7.11 Å². The molecule has 3 heteroatoms. The fourth-order valence-electron chi connectivity index (χ4n) is 3.08. The van der Waals surface area contributed by atoms with Crippen molar-refractivity contribution >= 4 is 21.5 Å². The van der Waals surface area contributed by atoms with Gasteiger partial charge < -0.3 is 14.6 Å². The molecule has 1 aliphatic heterocycles. The van der Waals surface area contributed by atoms with Crippen molar-refractivity contribution in [1.82, 2.24) is 0 Å². The van der Waals surface area contributed by atoms with E-state index in [2.05, 4.69) is 0 Å². The molecule has 100 valence electrons. The third-order valence-electron chi connectivity index (χ3n) is 4.04. The Morgan fingerprint density at radius 3 is 2.65 bits per heavy atom. The fourth-order valence-corrected chi connectivity index (χ4v) is 3.08. The highest BCUT2D eigenvalue weighted by atomic mass is 16.5. The predicted octanol–water partition coefficient (Wildman–Crippen LogP) is 4.16. The molecule has 0 aliphatic carbocycles. The molecule has 1 aliphatic rings. The molecule has 1 N–H and O–H groups in total. The molecule has 1 heterocycles. The van der Waals surface area contributed by atoms with Crippen LogP contribution < -0.4 is 9.47 Å². The highest BCUT2D eigenvalue weighted by Crippen LogP contribution is 2.48. The van der Waals surface area contributed by atoms with Crippen LogP contribution in [0, 0.1) is 0 Å². The number of hydrogen-bond donors (Lipinski definition) is 1. The summed E-state index contributed by atoms with van der Waals surface area (Å²) in [6.07, 6.45) is -0.0625. The molecule has 0 amide bonds. The number of aromatic hydroxyl groups is 1. The largest absolute Gasteiger partial charge is 0.507 e. The zero-order valence-corrected chi connectivity index (χ0v) is 11.3. The number of hydrogen-bond acceptors (Lipinski definition) is 3. The smallest absolute Gasteiger partial charge is 0.170 e. The van der Waals surface area contributed by atoms with Crippen LogP contribution >= 0.6 is 0 Å². The van der Waals surface area contributed by atoms with Gasteiger partial charge in [0.1, 0.15) is 11.9 Å². The molecule has 20 heavy (non-hydrogen) atoms. The van der Waals surface area contributed by atoms with Gasteiger partial charge in [-0.05, 0) is 24.4 Å². The average Bonchev–Trinajstić information content (AvgIpc) is 2.47. The normalized spacial score (nSPS) is 16.6. The lowest BCUT2D eigenvalue weighted by molar-refractivity contribution is 0.217. The SMILES string of the molecule is COc1ccc2ccc3c(O)ccc4c3c2c1OC4C. The zero-order chi connectivity index (χ0) is 13.9. The van der Waals surface area contributed by atoms with Gasteiger partial charge in [-0.3, -0.25) is 0 Å². The van der Waals surface area contributed by atoms with Crippen molar-refractivity contribution in [3.8, 4) is 17.2 Å². The number of ether oxygens (including phenoxy) is 2. The van der Waals surface area contributed by atoms with Gasteiger partial charge in [0.25, 0.3) is 0 Å². The molecule has 0 saturated heterocycles. The van der Waals surface area contributed by atoms with E-state index in [4.69, 9.17) is 9.47 Å². The lowest BCUT2D eigenvalue weighted by Gasteiger charge is -2.26. The summed E-state index contributed by atoms with van der Waals surface area (Å²) in [6, 6.07) is 11.6. The number of phenolic OH excluding ortho intramolecular Hbond substituents is 1. The summed E-state index contributed by atoms with van der Waals surface area (Å²) >= 11 is 0. The Bertz CT molecular complexity index is 852. The van der Waals surface area contributed by atoms with Crippen molar-refractivity contribution in [3.05, 3.63) is 42.0 Å². The quantitative estimate of drug-likeness (QED) is 0.672. The van der Waals surface area contributed by atoms with E-state index in [1.807, 2.05) is 37.3 Å². The Morgan fingerprint density at radius 1 is 1.05 bits per heavy atom. The molecule has 3 aromatic rings. The Balaban J connectivity index is 2.32. The third kappa shape index (κ3) is 1.29. The Labute approximate surface area is 116 Å². The molecule has 0 saturated carbocycles. The first-order valence-corrected chi connectivity index (χ1v) is 6.62. The minimum absolute atomic E-state index is 0.0625. The highest BCUT2D eigenvalue weighted by molar-refractivity contribution is 6.15. The number of benzene rings is 3. The van der Waals surface area contributed by atoms with Gasteiger partial charge in [0.2, 0.25) is 0 Å². The van der Waals surface area contributed by atoms with Crippen LogP contribution in [0.25, 0.3) is 21.5 Å². The van der Waals surface area contributed by atoms with E-state index in [1.54, 1.807) is 13.2 Å². The number of phenols is 1. The van der Waals surface area contributed by atoms with Gasteiger partial charge in [-0.1, -0.05) is 24.3 Å². The van der Waals surface area contributed by atoms with Crippen molar-refractivity contribution < 1.29 is 14.6 Å². The van der Waals surface area contributed by atoms with E-state index in [9.17, 15) is 5.11 Å². The third-order valence-corrected chi connectivity index (χ3v) is 4.04. The molecule has 0 radical (unpaired) electrons. The maximum atomic E-state index is 10.1. The summed E-state index contributed by atoms with van der Waals surface area (Å²) in [7, 11) is 1.64. The first-order chi connectivity index (χ1) is 9.70. The minimum Gasteiger partial charge on any atom is -0.507 e. The van der Waals surface area contributed by atoms with E-state index in [0.29, 0.717) is 5.75 Å². The summed E-state index contributed by atoms with van der Waals surface area (Å²) in [5.41, 5.74) is 1.10. The second kappa shape index (κ2) is 3.79. The average molecular weight is 266 g/mol. The van der Waals surface area contributed by atoms with Crippen LogP contribution in [0.2, 0.25) is 0 Å². The first-order valence-electron chi connectivity index (χ1n) is 6.62. The Kier molecular flexibility index (Phi) is 2.16. The van der Waals surface area contributed by atoms with Crippen LogP contribution in [0.1, 0.15) is 18.6 Å². The van der Waals surface area contributed by atoms with Crippen molar-refractivity contribution in [2.75, 3.05) is 7.11 Å². The molecule has 0 aromatic heterocycles. The molecule has 0 fully saturated rings. The molecule has 0 spiro atoms. The fraction of sp³-hybridized carbons (Fsp3) is 0.176. The molecule has 0 bridgehead atoms. The van der Waals surface area contributed by atoms with E-state index in [0.717, 1.165) is 38.6 Å². The number of methoxy groups -OCH3 is 1. The summed E-state index contributed by atoms with van der Waals surface area (Å²) in [4.78, 5) is 0. The van der Waals surface area contributed by atoms with Crippen molar-refractivity contribution in [2.24, 2.45) is 0 Å². The second-order valence-corrected chi connectivity index (χ2v) is 5.12. The lowest BCUT2D eigenvalue weighted by Crippen LogP contribution is -2.09. The molecule has 4 rings (SSSR count). The van der Waals surface area contributed by atoms with Crippen LogP contribution in [0.3, 0.4) is 0 Å². The van der Waals surface area contributed by atoms with Crippen molar-refractivity contribution in [1.29, 1.82) is 0 Å². The lowest BCUT2D eigenvalue weighted by atomic mass is 9.92. The maximum Gasteiger partial charge on any atom is 0.170 e. The monoisotopic (exact) mass is 266 g/mol. The minimum atomic E-state index is -0.0625. The van der Waals surface area contributed by atoms with Gasteiger partial charge >= 0.3 is 0 Å². The predicted molar refractivity (Wildman–Crippen MR) is 78.7 cm³/mol. The van der Waals surface area contributed by atoms with Gasteiger partial charge in [0.15, 0.2) is 11.5 Å². The van der Waals surface area contributed by atoms with Crippen molar-refractivity contribution in [2.45, 2.75) is 13.0 Å². The van der Waals surface area contributed by atoms with E-state index in [-0.39, 0.29) is 6.10 Å². The molecular formula is C17H14O3. The first kappa shape index (κ1) is 11.4. The van der Waals surface area contributed by atoms with Crippen LogP contribution in [-0.4, -0.2) is 12.2 Å². The van der Waals surface area contributed by atoms with Crippen LogP contribution in [0.5, 0.6) is 17.2 Å².